The molecule has 1 aromatic carbocycles. The Hall–Kier alpha value is -1.20. The standard InChI is InChI=1S/C11H7BrClFN2O/c1-16-11(12)6(5-17)10(15-16)9-7(13)3-2-4-8(9)14/h2-5H,1H3. The average Bonchev–Trinajstić information content (AvgIpc) is 2.55. The van der Waals surface area contributed by atoms with Crippen molar-refractivity contribution in [1.82, 2.24) is 9.78 Å². The number of hydrogen-bond acceptors (Lipinski definition) is 2. The maximum atomic E-state index is 13.7. The molecule has 1 aromatic heterocycles. The summed E-state index contributed by atoms with van der Waals surface area (Å²) in [6, 6.07) is 4.33. The number of carbonyl (C=O) groups excluding carboxylic acids is 1. The van der Waals surface area contributed by atoms with Crippen molar-refractivity contribution in [3.8, 4) is 11.3 Å². The molecule has 0 N–H and O–H groups in total. The van der Waals surface area contributed by atoms with Crippen LogP contribution in [-0.4, -0.2) is 16.1 Å². The van der Waals surface area contributed by atoms with Crippen molar-refractivity contribution in [2.45, 2.75) is 0 Å². The average molecular weight is 318 g/mol. The molecule has 0 bridgehead atoms. The number of aromatic nitrogens is 2. The number of rotatable bonds is 2. The van der Waals surface area contributed by atoms with Crippen LogP contribution in [0.15, 0.2) is 22.8 Å². The minimum atomic E-state index is -0.508. The summed E-state index contributed by atoms with van der Waals surface area (Å²) < 4.78 is 15.7. The zero-order valence-corrected chi connectivity index (χ0v) is 11.1. The van der Waals surface area contributed by atoms with Crippen molar-refractivity contribution >= 4 is 33.8 Å². The van der Waals surface area contributed by atoms with Crippen LogP contribution >= 0.6 is 27.5 Å². The number of carbonyl (C=O) groups is 1. The van der Waals surface area contributed by atoms with Gasteiger partial charge in [-0.2, -0.15) is 5.10 Å². The monoisotopic (exact) mass is 316 g/mol. The van der Waals surface area contributed by atoms with Gasteiger partial charge in [-0.15, -0.1) is 0 Å². The van der Waals surface area contributed by atoms with Crippen molar-refractivity contribution in [2.75, 3.05) is 0 Å². The third kappa shape index (κ3) is 2.00. The molecule has 0 aliphatic heterocycles. The maximum absolute atomic E-state index is 13.7. The van der Waals surface area contributed by atoms with Crippen LogP contribution in [0.1, 0.15) is 10.4 Å². The minimum absolute atomic E-state index is 0.137. The first-order chi connectivity index (χ1) is 8.06. The molecule has 88 valence electrons. The highest BCUT2D eigenvalue weighted by Gasteiger charge is 2.20. The van der Waals surface area contributed by atoms with Gasteiger partial charge in [0.2, 0.25) is 0 Å². The predicted octanol–water partition coefficient (Wildman–Crippen LogP) is 3.45. The van der Waals surface area contributed by atoms with E-state index in [1.165, 1.54) is 16.8 Å². The molecule has 0 atom stereocenters. The molecule has 0 radical (unpaired) electrons. The molecular weight excluding hydrogens is 310 g/mol. The van der Waals surface area contributed by atoms with Crippen molar-refractivity contribution in [3.63, 3.8) is 0 Å². The fraction of sp³-hybridized carbons (Fsp3) is 0.0909. The summed E-state index contributed by atoms with van der Waals surface area (Å²) in [4.78, 5) is 11.0. The van der Waals surface area contributed by atoms with Crippen molar-refractivity contribution in [3.05, 3.63) is 39.2 Å². The Morgan fingerprint density at radius 1 is 1.53 bits per heavy atom. The number of aldehydes is 1. The normalized spacial score (nSPS) is 10.6. The van der Waals surface area contributed by atoms with Crippen molar-refractivity contribution in [1.29, 1.82) is 0 Å². The molecule has 1 heterocycles. The van der Waals surface area contributed by atoms with Crippen LogP contribution < -0.4 is 0 Å². The lowest BCUT2D eigenvalue weighted by Gasteiger charge is -2.02. The van der Waals surface area contributed by atoms with Crippen LogP contribution in [0.25, 0.3) is 11.3 Å². The van der Waals surface area contributed by atoms with Crippen LogP contribution in [0.4, 0.5) is 4.39 Å². The van der Waals surface area contributed by atoms with E-state index >= 15 is 0 Å². The second-order valence-corrected chi connectivity index (χ2v) is 4.55. The lowest BCUT2D eigenvalue weighted by Crippen LogP contribution is -1.92. The van der Waals surface area contributed by atoms with Crippen molar-refractivity contribution < 1.29 is 9.18 Å². The number of aryl methyl sites for hydroxylation is 1. The molecule has 0 aliphatic rings. The Labute approximate surface area is 110 Å². The molecule has 0 spiro atoms. The van der Waals surface area contributed by atoms with Gasteiger partial charge in [0.1, 0.15) is 16.1 Å². The third-order valence-corrected chi connectivity index (χ3v) is 3.58. The summed E-state index contributed by atoms with van der Waals surface area (Å²) in [5.41, 5.74) is 0.648. The lowest BCUT2D eigenvalue weighted by molar-refractivity contribution is 0.112. The van der Waals surface area contributed by atoms with E-state index in [2.05, 4.69) is 21.0 Å². The highest BCUT2D eigenvalue weighted by molar-refractivity contribution is 9.10. The van der Waals surface area contributed by atoms with Gasteiger partial charge < -0.3 is 0 Å². The topological polar surface area (TPSA) is 34.9 Å². The zero-order chi connectivity index (χ0) is 12.6. The highest BCUT2D eigenvalue weighted by Crippen LogP contribution is 2.33. The van der Waals surface area contributed by atoms with Gasteiger partial charge in [0.25, 0.3) is 0 Å². The van der Waals surface area contributed by atoms with Crippen LogP contribution in [0.2, 0.25) is 5.02 Å². The Kier molecular flexibility index (Phi) is 3.31. The molecule has 0 unspecified atom stereocenters. The molecule has 0 saturated carbocycles. The Balaban J connectivity index is 2.77. The van der Waals surface area contributed by atoms with Gasteiger partial charge in [-0.25, -0.2) is 4.39 Å². The Bertz CT molecular complexity index is 577. The lowest BCUT2D eigenvalue weighted by atomic mass is 10.1. The number of benzene rings is 1. The SMILES string of the molecule is Cn1nc(-c2c(F)cccc2Cl)c(C=O)c1Br. The highest BCUT2D eigenvalue weighted by atomic mass is 79.9. The van der Waals surface area contributed by atoms with Gasteiger partial charge in [-0.3, -0.25) is 9.48 Å². The van der Waals surface area contributed by atoms with Gasteiger partial charge in [-0.05, 0) is 28.1 Å². The molecule has 0 saturated heterocycles. The summed E-state index contributed by atoms with van der Waals surface area (Å²) in [5, 5.41) is 4.31. The summed E-state index contributed by atoms with van der Waals surface area (Å²) >= 11 is 9.15. The van der Waals surface area contributed by atoms with Crippen LogP contribution in [0, 0.1) is 5.82 Å². The molecule has 6 heteroatoms. The fourth-order valence-corrected chi connectivity index (χ4v) is 2.15. The number of halogens is 3. The van der Waals surface area contributed by atoms with Crippen molar-refractivity contribution in [2.24, 2.45) is 7.05 Å². The summed E-state index contributed by atoms with van der Waals surface area (Å²) in [5.74, 6) is -0.508. The van der Waals surface area contributed by atoms with E-state index in [1.54, 1.807) is 13.1 Å². The number of nitrogens with zero attached hydrogens (tertiary/aromatic N) is 2. The summed E-state index contributed by atoms with van der Waals surface area (Å²) in [6.07, 6.45) is 0.620. The first-order valence-electron chi connectivity index (χ1n) is 4.68. The quantitative estimate of drug-likeness (QED) is 0.795. The van der Waals surface area contributed by atoms with Gasteiger partial charge in [0.05, 0.1) is 16.1 Å². The summed E-state index contributed by atoms with van der Waals surface area (Å²) in [6.45, 7) is 0. The first kappa shape index (κ1) is 12.3. The van der Waals surface area contributed by atoms with Gasteiger partial charge in [0, 0.05) is 7.05 Å². The van der Waals surface area contributed by atoms with E-state index in [4.69, 9.17) is 11.6 Å². The van der Waals surface area contributed by atoms with E-state index in [0.717, 1.165) is 0 Å². The molecule has 17 heavy (non-hydrogen) atoms. The Morgan fingerprint density at radius 2 is 2.24 bits per heavy atom. The van der Waals surface area contributed by atoms with E-state index in [0.29, 0.717) is 10.9 Å². The smallest absolute Gasteiger partial charge is 0.155 e. The molecule has 2 aromatic rings. The molecule has 0 fully saturated rings. The molecule has 0 amide bonds. The van der Waals surface area contributed by atoms with Crippen LogP contribution in [-0.2, 0) is 7.05 Å². The molecule has 3 nitrogen and oxygen atoms in total. The van der Waals surface area contributed by atoms with E-state index in [1.807, 2.05) is 0 Å². The van der Waals surface area contributed by atoms with E-state index in [-0.39, 0.29) is 21.8 Å². The predicted molar refractivity (Wildman–Crippen MR) is 66.7 cm³/mol. The van der Waals surface area contributed by atoms with Crippen LogP contribution in [0.5, 0.6) is 0 Å². The molecular formula is C11H7BrClFN2O. The van der Waals surface area contributed by atoms with Gasteiger partial charge in [-0.1, -0.05) is 17.7 Å². The van der Waals surface area contributed by atoms with Gasteiger partial charge >= 0.3 is 0 Å². The summed E-state index contributed by atoms with van der Waals surface area (Å²) in [7, 11) is 1.65. The van der Waals surface area contributed by atoms with Crippen LogP contribution in [0.3, 0.4) is 0 Å². The third-order valence-electron chi connectivity index (χ3n) is 2.33. The minimum Gasteiger partial charge on any atom is -0.298 e. The van der Waals surface area contributed by atoms with E-state index < -0.39 is 5.82 Å². The zero-order valence-electron chi connectivity index (χ0n) is 8.75. The molecule has 2 rings (SSSR count). The molecule has 0 aliphatic carbocycles. The van der Waals surface area contributed by atoms with E-state index in [9.17, 15) is 9.18 Å². The van der Waals surface area contributed by atoms with Gasteiger partial charge in [0.15, 0.2) is 6.29 Å². The second-order valence-electron chi connectivity index (χ2n) is 3.39. The Morgan fingerprint density at radius 3 is 2.82 bits per heavy atom. The maximum Gasteiger partial charge on any atom is 0.155 e. The first-order valence-corrected chi connectivity index (χ1v) is 5.85. The fourth-order valence-electron chi connectivity index (χ4n) is 1.53. The second kappa shape index (κ2) is 4.58. The number of hydrogen-bond donors (Lipinski definition) is 0. The largest absolute Gasteiger partial charge is 0.298 e.